The molecule has 0 aromatic heterocycles. The van der Waals surface area contributed by atoms with Gasteiger partial charge >= 0.3 is 0 Å². The van der Waals surface area contributed by atoms with E-state index in [4.69, 9.17) is 5.73 Å². The van der Waals surface area contributed by atoms with E-state index < -0.39 is 0 Å². The van der Waals surface area contributed by atoms with E-state index >= 15 is 0 Å². The Balaban J connectivity index is 1.77. The summed E-state index contributed by atoms with van der Waals surface area (Å²) in [7, 11) is 0. The minimum absolute atomic E-state index is 0.269. The fraction of sp³-hybridized carbons (Fsp3) is 0.917. The van der Waals surface area contributed by atoms with Crippen LogP contribution in [0.15, 0.2) is 0 Å². The van der Waals surface area contributed by atoms with Gasteiger partial charge in [0.25, 0.3) is 0 Å². The molecule has 0 aromatic carbocycles. The summed E-state index contributed by atoms with van der Waals surface area (Å²) in [4.78, 5) is 14.2. The van der Waals surface area contributed by atoms with E-state index in [2.05, 4.69) is 4.90 Å². The molecule has 0 radical (unpaired) electrons. The zero-order valence-corrected chi connectivity index (χ0v) is 10.7. The molecule has 1 unspecified atom stereocenters. The molecule has 1 amide bonds. The summed E-state index contributed by atoms with van der Waals surface area (Å²) in [6, 6.07) is 0. The lowest BCUT2D eigenvalue weighted by Crippen LogP contribution is -2.42. The van der Waals surface area contributed by atoms with Crippen molar-refractivity contribution in [2.24, 2.45) is 11.7 Å². The zero-order chi connectivity index (χ0) is 11.4. The number of carbonyl (C=O) groups excluding carboxylic acids is 1. The van der Waals surface area contributed by atoms with Gasteiger partial charge in [0.2, 0.25) is 5.91 Å². The second kappa shape index (κ2) is 5.92. The molecule has 0 bridgehead atoms. The predicted molar refractivity (Wildman–Crippen MR) is 68.5 cm³/mol. The van der Waals surface area contributed by atoms with Crippen LogP contribution in [0, 0.1) is 5.92 Å². The summed E-state index contributed by atoms with van der Waals surface area (Å²) in [5.41, 5.74) is 5.57. The molecule has 2 rings (SSSR count). The van der Waals surface area contributed by atoms with Gasteiger partial charge in [-0.25, -0.2) is 0 Å². The number of piperidine rings is 1. The third-order valence-corrected chi connectivity index (χ3v) is 5.07. The highest BCUT2D eigenvalue weighted by atomic mass is 32.2. The van der Waals surface area contributed by atoms with E-state index in [1.54, 1.807) is 0 Å². The summed E-state index contributed by atoms with van der Waals surface area (Å²) in [6.45, 7) is 2.71. The smallest absolute Gasteiger partial charge is 0.235 e. The molecule has 2 saturated heterocycles. The molecule has 2 aliphatic rings. The minimum Gasteiger partial charge on any atom is -0.342 e. The topological polar surface area (TPSA) is 46.3 Å². The Hall–Kier alpha value is -0.220. The zero-order valence-electron chi connectivity index (χ0n) is 9.86. The quantitative estimate of drug-likeness (QED) is 0.815. The fourth-order valence-corrected chi connectivity index (χ4v) is 3.90. The van der Waals surface area contributed by atoms with Gasteiger partial charge in [0.05, 0.1) is 5.25 Å². The maximum absolute atomic E-state index is 12.1. The van der Waals surface area contributed by atoms with Gasteiger partial charge < -0.3 is 10.6 Å². The second-order valence-electron chi connectivity index (χ2n) is 4.85. The first-order valence-corrected chi connectivity index (χ1v) is 7.46. The van der Waals surface area contributed by atoms with E-state index in [0.717, 1.165) is 51.2 Å². The van der Waals surface area contributed by atoms with Crippen LogP contribution in [-0.2, 0) is 4.79 Å². The molecule has 0 spiro atoms. The lowest BCUT2D eigenvalue weighted by Gasteiger charge is -2.33. The largest absolute Gasteiger partial charge is 0.342 e. The van der Waals surface area contributed by atoms with Crippen molar-refractivity contribution < 1.29 is 4.79 Å². The molecule has 0 aromatic rings. The van der Waals surface area contributed by atoms with Crippen molar-refractivity contribution in [1.29, 1.82) is 0 Å². The predicted octanol–water partition coefficient (Wildman–Crippen LogP) is 1.47. The molecule has 2 N–H and O–H groups in total. The molecule has 16 heavy (non-hydrogen) atoms. The summed E-state index contributed by atoms with van der Waals surface area (Å²) in [6.07, 6.45) is 5.73. The number of amides is 1. The van der Waals surface area contributed by atoms with Crippen molar-refractivity contribution in [2.75, 3.05) is 25.4 Å². The second-order valence-corrected chi connectivity index (χ2v) is 6.16. The van der Waals surface area contributed by atoms with Gasteiger partial charge in [-0.2, -0.15) is 0 Å². The van der Waals surface area contributed by atoms with Gasteiger partial charge in [-0.1, -0.05) is 0 Å². The van der Waals surface area contributed by atoms with Crippen LogP contribution in [0.25, 0.3) is 0 Å². The van der Waals surface area contributed by atoms with Gasteiger partial charge in [-0.15, -0.1) is 11.8 Å². The maximum atomic E-state index is 12.1. The number of hydrogen-bond acceptors (Lipinski definition) is 3. The van der Waals surface area contributed by atoms with E-state index in [9.17, 15) is 4.79 Å². The van der Waals surface area contributed by atoms with Crippen molar-refractivity contribution >= 4 is 17.7 Å². The van der Waals surface area contributed by atoms with E-state index in [-0.39, 0.29) is 5.25 Å². The first-order chi connectivity index (χ1) is 7.81. The van der Waals surface area contributed by atoms with Gasteiger partial charge in [-0.3, -0.25) is 4.79 Å². The van der Waals surface area contributed by atoms with Crippen molar-refractivity contribution in [1.82, 2.24) is 4.90 Å². The minimum atomic E-state index is 0.269. The Bertz CT molecular complexity index is 233. The van der Waals surface area contributed by atoms with Gasteiger partial charge in [-0.05, 0) is 50.3 Å². The first kappa shape index (κ1) is 12.2. The molecule has 0 aliphatic carbocycles. The third kappa shape index (κ3) is 2.92. The number of rotatable bonds is 3. The van der Waals surface area contributed by atoms with Crippen molar-refractivity contribution in [3.8, 4) is 0 Å². The standard InChI is InChI=1S/C12H22N2OS/c13-6-3-10-4-7-14(8-5-10)12(15)11-2-1-9-16-11/h10-11H,1-9,13H2. The number of carbonyl (C=O) groups is 1. The highest BCUT2D eigenvalue weighted by Crippen LogP contribution is 2.29. The monoisotopic (exact) mass is 242 g/mol. The van der Waals surface area contributed by atoms with E-state index in [1.165, 1.54) is 12.2 Å². The fourth-order valence-electron chi connectivity index (χ4n) is 2.65. The molecule has 2 fully saturated rings. The Morgan fingerprint density at radius 3 is 2.62 bits per heavy atom. The highest BCUT2D eigenvalue weighted by molar-refractivity contribution is 8.00. The van der Waals surface area contributed by atoms with Crippen LogP contribution in [0.1, 0.15) is 32.1 Å². The molecular formula is C12H22N2OS. The third-order valence-electron chi connectivity index (χ3n) is 3.71. The van der Waals surface area contributed by atoms with Crippen molar-refractivity contribution in [3.05, 3.63) is 0 Å². The Labute approximate surface area is 102 Å². The number of nitrogens with zero attached hydrogens (tertiary/aromatic N) is 1. The molecule has 92 valence electrons. The van der Waals surface area contributed by atoms with Crippen LogP contribution in [0.5, 0.6) is 0 Å². The number of hydrogen-bond donors (Lipinski definition) is 1. The highest BCUT2D eigenvalue weighted by Gasteiger charge is 2.30. The van der Waals surface area contributed by atoms with Gasteiger partial charge in [0.1, 0.15) is 0 Å². The molecule has 2 aliphatic heterocycles. The van der Waals surface area contributed by atoms with Crippen LogP contribution in [0.3, 0.4) is 0 Å². The number of thioether (sulfide) groups is 1. The summed E-state index contributed by atoms with van der Waals surface area (Å²) >= 11 is 1.84. The SMILES string of the molecule is NCCC1CCN(C(=O)C2CCCS2)CC1. The van der Waals surface area contributed by atoms with E-state index in [1.807, 2.05) is 11.8 Å². The molecule has 2 heterocycles. The van der Waals surface area contributed by atoms with Gasteiger partial charge in [0.15, 0.2) is 0 Å². The Morgan fingerprint density at radius 2 is 2.06 bits per heavy atom. The van der Waals surface area contributed by atoms with Crippen LogP contribution in [0.2, 0.25) is 0 Å². The molecular weight excluding hydrogens is 220 g/mol. The van der Waals surface area contributed by atoms with Crippen LogP contribution >= 0.6 is 11.8 Å². The van der Waals surface area contributed by atoms with Crippen LogP contribution in [-0.4, -0.2) is 41.4 Å². The lowest BCUT2D eigenvalue weighted by molar-refractivity contribution is -0.132. The van der Waals surface area contributed by atoms with Crippen molar-refractivity contribution in [3.63, 3.8) is 0 Å². The average molecular weight is 242 g/mol. The van der Waals surface area contributed by atoms with Crippen LogP contribution in [0.4, 0.5) is 0 Å². The number of likely N-dealkylation sites (tertiary alicyclic amines) is 1. The van der Waals surface area contributed by atoms with Crippen LogP contribution < -0.4 is 5.73 Å². The first-order valence-electron chi connectivity index (χ1n) is 6.41. The summed E-state index contributed by atoms with van der Waals surface area (Å²) in [5, 5.41) is 0.269. The Morgan fingerprint density at radius 1 is 1.31 bits per heavy atom. The molecule has 1 atom stereocenters. The van der Waals surface area contributed by atoms with E-state index in [0.29, 0.717) is 5.91 Å². The number of nitrogens with two attached hydrogens (primary N) is 1. The normalized spacial score (nSPS) is 27.3. The molecule has 3 nitrogen and oxygen atoms in total. The molecule has 4 heteroatoms. The maximum Gasteiger partial charge on any atom is 0.235 e. The molecule has 0 saturated carbocycles. The van der Waals surface area contributed by atoms with Gasteiger partial charge in [0, 0.05) is 13.1 Å². The summed E-state index contributed by atoms with van der Waals surface area (Å²) < 4.78 is 0. The van der Waals surface area contributed by atoms with Crippen molar-refractivity contribution in [2.45, 2.75) is 37.4 Å². The summed E-state index contributed by atoms with van der Waals surface area (Å²) in [5.74, 6) is 2.32. The Kier molecular flexibility index (Phi) is 4.53. The lowest BCUT2D eigenvalue weighted by atomic mass is 9.93. The average Bonchev–Trinajstić information content (AvgIpc) is 2.83.